The molecule has 1 saturated carbocycles. The predicted octanol–water partition coefficient (Wildman–Crippen LogP) is 1.92. The molecular formula is C16H28N2O3. The first-order chi connectivity index (χ1) is 10.1. The van der Waals surface area contributed by atoms with E-state index in [0.717, 1.165) is 45.2 Å². The highest BCUT2D eigenvalue weighted by atomic mass is 16.4. The summed E-state index contributed by atoms with van der Waals surface area (Å²) in [5.41, 5.74) is -1.02. The minimum atomic E-state index is -1.02. The number of hydrogen-bond donors (Lipinski definition) is 3. The number of hydrogen-bond acceptors (Lipinski definition) is 3. The molecule has 0 radical (unpaired) electrons. The van der Waals surface area contributed by atoms with Gasteiger partial charge in [0.1, 0.15) is 5.54 Å². The average molecular weight is 296 g/mol. The van der Waals surface area contributed by atoms with Gasteiger partial charge >= 0.3 is 5.97 Å². The lowest BCUT2D eigenvalue weighted by molar-refractivity contribution is -0.150. The van der Waals surface area contributed by atoms with E-state index in [1.165, 1.54) is 0 Å². The Balaban J connectivity index is 1.90. The summed E-state index contributed by atoms with van der Waals surface area (Å²) in [7, 11) is 0. The number of nitrogens with one attached hydrogen (secondary N) is 2. The van der Waals surface area contributed by atoms with Gasteiger partial charge in [-0.05, 0) is 63.5 Å². The Bertz CT molecular complexity index is 370. The van der Waals surface area contributed by atoms with Crippen LogP contribution in [0.1, 0.15) is 58.3 Å². The molecule has 0 aromatic carbocycles. The molecule has 1 heterocycles. The van der Waals surface area contributed by atoms with Gasteiger partial charge < -0.3 is 15.7 Å². The van der Waals surface area contributed by atoms with Crippen molar-refractivity contribution in [3.63, 3.8) is 0 Å². The van der Waals surface area contributed by atoms with Gasteiger partial charge in [-0.25, -0.2) is 4.79 Å². The molecule has 2 rings (SSSR count). The number of rotatable bonds is 5. The van der Waals surface area contributed by atoms with Crippen molar-refractivity contribution in [2.45, 2.75) is 63.8 Å². The van der Waals surface area contributed by atoms with Gasteiger partial charge in [0.25, 0.3) is 0 Å². The van der Waals surface area contributed by atoms with E-state index in [9.17, 15) is 14.7 Å². The summed E-state index contributed by atoms with van der Waals surface area (Å²) >= 11 is 0. The van der Waals surface area contributed by atoms with Crippen LogP contribution in [0.5, 0.6) is 0 Å². The van der Waals surface area contributed by atoms with Crippen molar-refractivity contribution in [1.29, 1.82) is 0 Å². The second-order valence-electron chi connectivity index (χ2n) is 6.68. The quantitative estimate of drug-likeness (QED) is 0.724. The molecule has 120 valence electrons. The molecule has 0 bridgehead atoms. The fourth-order valence-corrected chi connectivity index (χ4v) is 3.64. The van der Waals surface area contributed by atoms with E-state index >= 15 is 0 Å². The number of aliphatic carboxylic acids is 1. The fraction of sp³-hybridized carbons (Fsp3) is 0.875. The molecule has 2 fully saturated rings. The van der Waals surface area contributed by atoms with Crippen LogP contribution in [0.2, 0.25) is 0 Å². The summed E-state index contributed by atoms with van der Waals surface area (Å²) in [5, 5.41) is 15.7. The fourth-order valence-electron chi connectivity index (χ4n) is 3.64. The van der Waals surface area contributed by atoms with Gasteiger partial charge in [-0.3, -0.25) is 4.79 Å². The van der Waals surface area contributed by atoms with Crippen molar-refractivity contribution in [1.82, 2.24) is 10.6 Å². The first kappa shape index (κ1) is 16.3. The van der Waals surface area contributed by atoms with E-state index in [0.29, 0.717) is 31.1 Å². The maximum atomic E-state index is 12.2. The molecule has 0 aromatic heterocycles. The molecule has 0 aromatic rings. The highest BCUT2D eigenvalue weighted by Gasteiger charge is 2.43. The zero-order valence-corrected chi connectivity index (χ0v) is 13.0. The molecule has 21 heavy (non-hydrogen) atoms. The highest BCUT2D eigenvalue weighted by Crippen LogP contribution is 2.34. The summed E-state index contributed by atoms with van der Waals surface area (Å²) in [4.78, 5) is 23.9. The standard InChI is InChI=1S/C16H28N2O3/c1-2-12-3-7-16(8-4-12,15(20)21)18-14(19)11-13-5-9-17-10-6-13/h12-13,17H,2-11H2,1H3,(H,18,19)(H,20,21). The van der Waals surface area contributed by atoms with Crippen molar-refractivity contribution in [2.24, 2.45) is 11.8 Å². The van der Waals surface area contributed by atoms with Crippen molar-refractivity contribution in [2.75, 3.05) is 13.1 Å². The SMILES string of the molecule is CCC1CCC(NC(=O)CC2CCNCC2)(C(=O)O)CC1. The third-order valence-electron chi connectivity index (χ3n) is 5.26. The van der Waals surface area contributed by atoms with Gasteiger partial charge in [-0.15, -0.1) is 0 Å². The first-order valence-corrected chi connectivity index (χ1v) is 8.31. The maximum Gasteiger partial charge on any atom is 0.329 e. The largest absolute Gasteiger partial charge is 0.480 e. The van der Waals surface area contributed by atoms with Crippen LogP contribution in [0.15, 0.2) is 0 Å². The van der Waals surface area contributed by atoms with Crippen LogP contribution in [0.25, 0.3) is 0 Å². The monoisotopic (exact) mass is 296 g/mol. The van der Waals surface area contributed by atoms with Crippen LogP contribution in [0.3, 0.4) is 0 Å². The summed E-state index contributed by atoms with van der Waals surface area (Å²) in [5.74, 6) is 0.0535. The summed E-state index contributed by atoms with van der Waals surface area (Å²) < 4.78 is 0. The maximum absolute atomic E-state index is 12.2. The molecular weight excluding hydrogens is 268 g/mol. The normalized spacial score (nSPS) is 30.8. The first-order valence-electron chi connectivity index (χ1n) is 8.31. The number of carbonyl (C=O) groups is 2. The van der Waals surface area contributed by atoms with E-state index in [-0.39, 0.29) is 5.91 Å². The minimum Gasteiger partial charge on any atom is -0.480 e. The molecule has 0 spiro atoms. The van der Waals surface area contributed by atoms with Gasteiger partial charge in [-0.2, -0.15) is 0 Å². The number of amides is 1. The smallest absolute Gasteiger partial charge is 0.329 e. The van der Waals surface area contributed by atoms with E-state index in [2.05, 4.69) is 17.6 Å². The molecule has 1 aliphatic carbocycles. The molecule has 2 aliphatic rings. The van der Waals surface area contributed by atoms with Crippen LogP contribution < -0.4 is 10.6 Å². The van der Waals surface area contributed by atoms with E-state index in [1.807, 2.05) is 0 Å². The Morgan fingerprint density at radius 2 is 1.76 bits per heavy atom. The van der Waals surface area contributed by atoms with E-state index in [1.54, 1.807) is 0 Å². The van der Waals surface area contributed by atoms with Crippen LogP contribution in [0, 0.1) is 11.8 Å². The molecule has 0 unspecified atom stereocenters. The summed E-state index contributed by atoms with van der Waals surface area (Å²) in [6.07, 6.45) is 6.51. The van der Waals surface area contributed by atoms with Crippen LogP contribution >= 0.6 is 0 Å². The zero-order valence-electron chi connectivity index (χ0n) is 13.0. The molecule has 1 saturated heterocycles. The summed E-state index contributed by atoms with van der Waals surface area (Å²) in [6.45, 7) is 4.06. The molecule has 3 N–H and O–H groups in total. The van der Waals surface area contributed by atoms with E-state index in [4.69, 9.17) is 0 Å². The Labute approximate surface area is 126 Å². The second kappa shape index (κ2) is 7.25. The van der Waals surface area contributed by atoms with Crippen LogP contribution in [0.4, 0.5) is 0 Å². The Hall–Kier alpha value is -1.10. The molecule has 1 amide bonds. The zero-order chi connectivity index (χ0) is 15.3. The highest BCUT2D eigenvalue weighted by molar-refractivity contribution is 5.87. The Morgan fingerprint density at radius 1 is 1.14 bits per heavy atom. The average Bonchev–Trinajstić information content (AvgIpc) is 2.48. The van der Waals surface area contributed by atoms with E-state index < -0.39 is 11.5 Å². The van der Waals surface area contributed by atoms with Crippen molar-refractivity contribution < 1.29 is 14.7 Å². The lowest BCUT2D eigenvalue weighted by Gasteiger charge is -2.37. The molecule has 5 heteroatoms. The molecule has 5 nitrogen and oxygen atoms in total. The second-order valence-corrected chi connectivity index (χ2v) is 6.68. The number of piperidine rings is 1. The van der Waals surface area contributed by atoms with Crippen molar-refractivity contribution >= 4 is 11.9 Å². The van der Waals surface area contributed by atoms with Gasteiger partial charge in [0.15, 0.2) is 0 Å². The lowest BCUT2D eigenvalue weighted by atomic mass is 9.75. The van der Waals surface area contributed by atoms with Crippen molar-refractivity contribution in [3.05, 3.63) is 0 Å². The van der Waals surface area contributed by atoms with Gasteiger partial charge in [0, 0.05) is 6.42 Å². The van der Waals surface area contributed by atoms with Gasteiger partial charge in [-0.1, -0.05) is 13.3 Å². The number of carboxylic acid groups (broad SMARTS) is 1. The molecule has 0 atom stereocenters. The molecule has 1 aliphatic heterocycles. The van der Waals surface area contributed by atoms with Gasteiger partial charge in [0.05, 0.1) is 0 Å². The Kier molecular flexibility index (Phi) is 5.62. The third kappa shape index (κ3) is 4.19. The third-order valence-corrected chi connectivity index (χ3v) is 5.26. The number of carbonyl (C=O) groups excluding carboxylic acids is 1. The number of carboxylic acids is 1. The van der Waals surface area contributed by atoms with Gasteiger partial charge in [0.2, 0.25) is 5.91 Å². The lowest BCUT2D eigenvalue weighted by Crippen LogP contribution is -2.56. The topological polar surface area (TPSA) is 78.4 Å². The van der Waals surface area contributed by atoms with Crippen LogP contribution in [-0.4, -0.2) is 35.6 Å². The van der Waals surface area contributed by atoms with Crippen LogP contribution in [-0.2, 0) is 9.59 Å². The Morgan fingerprint density at radius 3 is 2.29 bits per heavy atom. The van der Waals surface area contributed by atoms with Crippen molar-refractivity contribution in [3.8, 4) is 0 Å². The predicted molar refractivity (Wildman–Crippen MR) is 81.0 cm³/mol. The minimum absolute atomic E-state index is 0.0840. The summed E-state index contributed by atoms with van der Waals surface area (Å²) in [6, 6.07) is 0.